The van der Waals surface area contributed by atoms with Crippen molar-refractivity contribution in [2.45, 2.75) is 51.1 Å². The fourth-order valence-electron chi connectivity index (χ4n) is 3.55. The molecular weight excluding hydrogens is 260 g/mol. The van der Waals surface area contributed by atoms with Crippen molar-refractivity contribution in [2.75, 3.05) is 26.2 Å². The van der Waals surface area contributed by atoms with Gasteiger partial charge in [-0.25, -0.2) is 0 Å². The summed E-state index contributed by atoms with van der Waals surface area (Å²) in [6.45, 7) is 13.4. The number of benzene rings is 1. The first-order valence-electron chi connectivity index (χ1n) is 8.15. The number of nitrogens with zero attached hydrogens (tertiary/aromatic N) is 1. The summed E-state index contributed by atoms with van der Waals surface area (Å²) in [5.41, 5.74) is 1.81. The predicted molar refractivity (Wildman–Crippen MR) is 87.0 cm³/mol. The third-order valence-electron chi connectivity index (χ3n) is 5.30. The highest BCUT2D eigenvalue weighted by molar-refractivity contribution is 5.39. The van der Waals surface area contributed by atoms with E-state index in [0.29, 0.717) is 5.92 Å². The molecule has 2 aliphatic rings. The van der Waals surface area contributed by atoms with Gasteiger partial charge in [0.2, 0.25) is 0 Å². The van der Waals surface area contributed by atoms with Crippen LogP contribution in [0.15, 0.2) is 24.3 Å². The first kappa shape index (κ1) is 14.9. The van der Waals surface area contributed by atoms with Gasteiger partial charge in [0, 0.05) is 42.2 Å². The summed E-state index contributed by atoms with van der Waals surface area (Å²) in [5.74, 6) is 1.58. The molecule has 1 aromatic carbocycles. The van der Waals surface area contributed by atoms with E-state index in [1.165, 1.54) is 12.0 Å². The van der Waals surface area contributed by atoms with E-state index in [2.05, 4.69) is 62.2 Å². The van der Waals surface area contributed by atoms with Crippen molar-refractivity contribution in [3.63, 3.8) is 0 Å². The highest BCUT2D eigenvalue weighted by Gasteiger charge is 2.41. The zero-order valence-electron chi connectivity index (χ0n) is 13.8. The summed E-state index contributed by atoms with van der Waals surface area (Å²) in [5, 5.41) is 3.70. The summed E-state index contributed by atoms with van der Waals surface area (Å²) in [4.78, 5) is 2.68. The first-order valence-corrected chi connectivity index (χ1v) is 8.15. The van der Waals surface area contributed by atoms with Gasteiger partial charge in [-0.2, -0.15) is 0 Å². The lowest BCUT2D eigenvalue weighted by atomic mass is 9.86. The average Bonchev–Trinajstić information content (AvgIpc) is 2.86. The highest BCUT2D eigenvalue weighted by Crippen LogP contribution is 2.36. The molecule has 0 aliphatic carbocycles. The van der Waals surface area contributed by atoms with Crippen molar-refractivity contribution in [3.8, 4) is 5.75 Å². The maximum Gasteiger partial charge on any atom is 0.122 e. The van der Waals surface area contributed by atoms with E-state index in [1.807, 2.05) is 0 Å². The molecule has 0 bridgehead atoms. The molecule has 0 aromatic heterocycles. The maximum atomic E-state index is 5.86. The first-order chi connectivity index (χ1) is 9.93. The van der Waals surface area contributed by atoms with Crippen LogP contribution in [0.5, 0.6) is 5.75 Å². The van der Waals surface area contributed by atoms with Gasteiger partial charge in [-0.1, -0.05) is 25.1 Å². The van der Waals surface area contributed by atoms with Gasteiger partial charge in [-0.15, -0.1) is 0 Å². The molecule has 0 spiro atoms. The molecule has 2 unspecified atom stereocenters. The largest absolute Gasteiger partial charge is 0.493 e. The van der Waals surface area contributed by atoms with Crippen LogP contribution >= 0.6 is 0 Å². The van der Waals surface area contributed by atoms with Crippen LogP contribution in [0.3, 0.4) is 0 Å². The Balaban J connectivity index is 1.79. The van der Waals surface area contributed by atoms with Crippen LogP contribution in [0.1, 0.15) is 45.6 Å². The molecule has 0 amide bonds. The topological polar surface area (TPSA) is 24.5 Å². The Morgan fingerprint density at radius 2 is 2.05 bits per heavy atom. The van der Waals surface area contributed by atoms with Gasteiger partial charge in [0.05, 0.1) is 6.61 Å². The Kier molecular flexibility index (Phi) is 3.74. The molecule has 1 fully saturated rings. The van der Waals surface area contributed by atoms with E-state index in [-0.39, 0.29) is 11.1 Å². The zero-order valence-corrected chi connectivity index (χ0v) is 13.8. The molecular formula is C18H28N2O. The number of ether oxygens (including phenoxy) is 1. The number of para-hydroxylation sites is 1. The molecule has 2 atom stereocenters. The number of rotatable bonds is 3. The van der Waals surface area contributed by atoms with Crippen molar-refractivity contribution in [1.29, 1.82) is 0 Å². The van der Waals surface area contributed by atoms with Crippen molar-refractivity contribution in [1.82, 2.24) is 10.2 Å². The van der Waals surface area contributed by atoms with E-state index in [0.717, 1.165) is 32.0 Å². The smallest absolute Gasteiger partial charge is 0.122 e. The lowest BCUT2D eigenvalue weighted by molar-refractivity contribution is 0.0179. The minimum atomic E-state index is 0.188. The summed E-state index contributed by atoms with van der Waals surface area (Å²) >= 11 is 0. The SMILES string of the molecule is CCC1(C)CNC(C)(C)CN1CC1COc2ccccc21. The number of hydrogen-bond acceptors (Lipinski definition) is 3. The Morgan fingerprint density at radius 1 is 1.29 bits per heavy atom. The fraction of sp³-hybridized carbons (Fsp3) is 0.667. The molecule has 0 saturated carbocycles. The summed E-state index contributed by atoms with van der Waals surface area (Å²) in [7, 11) is 0. The van der Waals surface area contributed by atoms with Crippen molar-refractivity contribution in [2.24, 2.45) is 0 Å². The maximum absolute atomic E-state index is 5.86. The molecule has 21 heavy (non-hydrogen) atoms. The van der Waals surface area contributed by atoms with Gasteiger partial charge >= 0.3 is 0 Å². The third kappa shape index (κ3) is 2.82. The molecule has 1 saturated heterocycles. The van der Waals surface area contributed by atoms with E-state index < -0.39 is 0 Å². The summed E-state index contributed by atoms with van der Waals surface area (Å²) < 4.78 is 5.86. The third-order valence-corrected chi connectivity index (χ3v) is 5.30. The van der Waals surface area contributed by atoms with Gasteiger partial charge < -0.3 is 10.1 Å². The summed E-state index contributed by atoms with van der Waals surface area (Å²) in [6, 6.07) is 8.51. The van der Waals surface area contributed by atoms with E-state index in [4.69, 9.17) is 4.74 Å². The number of hydrogen-bond donors (Lipinski definition) is 1. The zero-order chi connectivity index (χ0) is 15.1. The van der Waals surface area contributed by atoms with Crippen molar-refractivity contribution >= 4 is 0 Å². The molecule has 3 rings (SSSR count). The van der Waals surface area contributed by atoms with Gasteiger partial charge in [-0.3, -0.25) is 4.90 Å². The second-order valence-electron chi connectivity index (χ2n) is 7.51. The lowest BCUT2D eigenvalue weighted by Crippen LogP contribution is -2.67. The number of piperazine rings is 1. The normalized spacial score (nSPS) is 31.7. The molecule has 3 heteroatoms. The minimum Gasteiger partial charge on any atom is -0.493 e. The van der Waals surface area contributed by atoms with Gasteiger partial charge in [-0.05, 0) is 33.3 Å². The van der Waals surface area contributed by atoms with Gasteiger partial charge in [0.25, 0.3) is 0 Å². The Bertz CT molecular complexity index is 514. The van der Waals surface area contributed by atoms with Crippen LogP contribution < -0.4 is 10.1 Å². The van der Waals surface area contributed by atoms with Crippen LogP contribution in [0, 0.1) is 0 Å². The van der Waals surface area contributed by atoms with Crippen LogP contribution in [0.25, 0.3) is 0 Å². The van der Waals surface area contributed by atoms with Crippen LogP contribution in [-0.2, 0) is 0 Å². The highest BCUT2D eigenvalue weighted by atomic mass is 16.5. The van der Waals surface area contributed by atoms with Crippen molar-refractivity contribution < 1.29 is 4.74 Å². The molecule has 0 radical (unpaired) electrons. The fourth-order valence-corrected chi connectivity index (χ4v) is 3.55. The van der Waals surface area contributed by atoms with Gasteiger partial charge in [0.1, 0.15) is 5.75 Å². The molecule has 116 valence electrons. The van der Waals surface area contributed by atoms with E-state index in [1.54, 1.807) is 0 Å². The predicted octanol–water partition coefficient (Wildman–Crippen LogP) is 3.02. The summed E-state index contributed by atoms with van der Waals surface area (Å²) in [6.07, 6.45) is 1.17. The Hall–Kier alpha value is -1.06. The molecule has 1 N–H and O–H groups in total. The van der Waals surface area contributed by atoms with Crippen LogP contribution in [-0.4, -0.2) is 42.2 Å². The standard InChI is InChI=1S/C18H28N2O/c1-5-18(4)12-19-17(2,3)13-20(18)10-14-11-21-16-9-7-6-8-15(14)16/h6-9,14,19H,5,10-13H2,1-4H3. The molecule has 1 aromatic rings. The van der Waals surface area contributed by atoms with Crippen LogP contribution in [0.4, 0.5) is 0 Å². The lowest BCUT2D eigenvalue weighted by Gasteiger charge is -2.51. The van der Waals surface area contributed by atoms with Crippen LogP contribution in [0.2, 0.25) is 0 Å². The Morgan fingerprint density at radius 3 is 2.81 bits per heavy atom. The molecule has 2 aliphatic heterocycles. The van der Waals surface area contributed by atoms with Gasteiger partial charge in [0.15, 0.2) is 0 Å². The number of fused-ring (bicyclic) bond motifs is 1. The number of nitrogens with one attached hydrogen (secondary N) is 1. The minimum absolute atomic E-state index is 0.188. The Labute approximate surface area is 128 Å². The molecule has 2 heterocycles. The van der Waals surface area contributed by atoms with E-state index in [9.17, 15) is 0 Å². The monoisotopic (exact) mass is 288 g/mol. The second-order valence-corrected chi connectivity index (χ2v) is 7.51. The van der Waals surface area contributed by atoms with E-state index >= 15 is 0 Å². The van der Waals surface area contributed by atoms with Crippen molar-refractivity contribution in [3.05, 3.63) is 29.8 Å². The average molecular weight is 288 g/mol. The second kappa shape index (κ2) is 5.29. The quantitative estimate of drug-likeness (QED) is 0.925. The molecule has 3 nitrogen and oxygen atoms in total.